The van der Waals surface area contributed by atoms with E-state index in [1.807, 2.05) is 6.92 Å². The Hall–Kier alpha value is -1.22. The van der Waals surface area contributed by atoms with Crippen molar-refractivity contribution < 1.29 is 0 Å². The average Bonchev–Trinajstić information content (AvgIpc) is 2.20. The van der Waals surface area contributed by atoms with Crippen LogP contribution in [0.3, 0.4) is 0 Å². The molecule has 1 aromatic carbocycles. The van der Waals surface area contributed by atoms with Crippen LogP contribution in [0, 0.1) is 39.5 Å². The molecule has 0 unspecified atom stereocenters. The van der Waals surface area contributed by atoms with Crippen molar-refractivity contribution in [3.05, 3.63) is 33.9 Å². The number of hydrogen-bond acceptors (Lipinski definition) is 0. The minimum absolute atomic E-state index is 0.973. The van der Waals surface area contributed by atoms with Crippen LogP contribution in [0.15, 0.2) is 6.07 Å². The second-order valence-corrected chi connectivity index (χ2v) is 4.17. The van der Waals surface area contributed by atoms with E-state index in [0.717, 1.165) is 12.8 Å². The van der Waals surface area contributed by atoms with Crippen LogP contribution in [0.2, 0.25) is 0 Å². The predicted octanol–water partition coefficient (Wildman–Crippen LogP) is 3.88. The maximum absolute atomic E-state index is 3.14. The van der Waals surface area contributed by atoms with Crippen LogP contribution in [0.5, 0.6) is 0 Å². The zero-order valence-electron chi connectivity index (χ0n) is 10.5. The molecule has 0 heteroatoms. The van der Waals surface area contributed by atoms with Crippen molar-refractivity contribution in [2.45, 2.75) is 47.5 Å². The van der Waals surface area contributed by atoms with Gasteiger partial charge in [0.05, 0.1) is 0 Å². The molecule has 0 saturated carbocycles. The quantitative estimate of drug-likeness (QED) is 0.636. The van der Waals surface area contributed by atoms with E-state index in [2.05, 4.69) is 45.6 Å². The summed E-state index contributed by atoms with van der Waals surface area (Å²) >= 11 is 0. The van der Waals surface area contributed by atoms with Crippen LogP contribution in [0.25, 0.3) is 0 Å². The summed E-state index contributed by atoms with van der Waals surface area (Å²) in [5.41, 5.74) is 7.18. The number of benzene rings is 1. The van der Waals surface area contributed by atoms with E-state index >= 15 is 0 Å². The highest BCUT2D eigenvalue weighted by molar-refractivity contribution is 5.44. The SMILES string of the molecule is CC#CCCc1c(C)c(C)cc(C)c1C. The minimum Gasteiger partial charge on any atom is -0.107 e. The molecular formula is C15H20. The summed E-state index contributed by atoms with van der Waals surface area (Å²) in [6.45, 7) is 10.7. The van der Waals surface area contributed by atoms with Gasteiger partial charge in [-0.15, -0.1) is 11.8 Å². The summed E-state index contributed by atoms with van der Waals surface area (Å²) in [4.78, 5) is 0. The van der Waals surface area contributed by atoms with Crippen molar-refractivity contribution in [2.75, 3.05) is 0 Å². The predicted molar refractivity (Wildman–Crippen MR) is 67.2 cm³/mol. The summed E-state index contributed by atoms with van der Waals surface area (Å²) in [6.07, 6.45) is 2.06. The molecule has 0 heterocycles. The van der Waals surface area contributed by atoms with Crippen LogP contribution in [0.4, 0.5) is 0 Å². The minimum atomic E-state index is 0.973. The summed E-state index contributed by atoms with van der Waals surface area (Å²) in [6, 6.07) is 2.28. The van der Waals surface area contributed by atoms with Crippen molar-refractivity contribution >= 4 is 0 Å². The molecule has 0 spiro atoms. The van der Waals surface area contributed by atoms with Crippen molar-refractivity contribution in [3.63, 3.8) is 0 Å². The van der Waals surface area contributed by atoms with Gasteiger partial charge in [-0.25, -0.2) is 0 Å². The molecule has 0 fully saturated rings. The normalized spacial score (nSPS) is 9.67. The van der Waals surface area contributed by atoms with Crippen LogP contribution in [-0.2, 0) is 6.42 Å². The molecule has 0 amide bonds. The molecule has 0 aliphatic carbocycles. The van der Waals surface area contributed by atoms with Gasteiger partial charge in [0.2, 0.25) is 0 Å². The molecule has 0 nitrogen and oxygen atoms in total. The van der Waals surface area contributed by atoms with Gasteiger partial charge >= 0.3 is 0 Å². The van der Waals surface area contributed by atoms with E-state index < -0.39 is 0 Å². The first kappa shape index (κ1) is 11.9. The van der Waals surface area contributed by atoms with Crippen molar-refractivity contribution in [3.8, 4) is 11.8 Å². The van der Waals surface area contributed by atoms with Gasteiger partial charge in [-0.1, -0.05) is 6.07 Å². The Kier molecular flexibility index (Phi) is 3.97. The van der Waals surface area contributed by atoms with E-state index in [0.29, 0.717) is 0 Å². The Morgan fingerprint density at radius 2 is 1.53 bits per heavy atom. The molecule has 0 N–H and O–H groups in total. The Labute approximate surface area is 93.7 Å². The highest BCUT2D eigenvalue weighted by Crippen LogP contribution is 2.22. The Bertz CT molecular complexity index is 388. The number of rotatable bonds is 2. The molecule has 0 atom stereocenters. The third-order valence-electron chi connectivity index (χ3n) is 3.20. The van der Waals surface area contributed by atoms with Crippen molar-refractivity contribution in [2.24, 2.45) is 0 Å². The Morgan fingerprint density at radius 1 is 1.00 bits per heavy atom. The van der Waals surface area contributed by atoms with E-state index in [1.54, 1.807) is 0 Å². The van der Waals surface area contributed by atoms with Crippen molar-refractivity contribution in [1.29, 1.82) is 0 Å². The number of aryl methyl sites for hydroxylation is 2. The second kappa shape index (κ2) is 5.03. The highest BCUT2D eigenvalue weighted by atomic mass is 14.1. The third-order valence-corrected chi connectivity index (χ3v) is 3.20. The van der Waals surface area contributed by atoms with Gasteiger partial charge in [-0.2, -0.15) is 0 Å². The van der Waals surface area contributed by atoms with Gasteiger partial charge < -0.3 is 0 Å². The summed E-state index contributed by atoms with van der Waals surface area (Å²) in [7, 11) is 0. The van der Waals surface area contributed by atoms with E-state index in [4.69, 9.17) is 0 Å². The van der Waals surface area contributed by atoms with Gasteiger partial charge in [-0.3, -0.25) is 0 Å². The zero-order chi connectivity index (χ0) is 11.4. The molecule has 0 aliphatic rings. The maximum Gasteiger partial charge on any atom is 0.0129 e. The maximum atomic E-state index is 3.14. The largest absolute Gasteiger partial charge is 0.107 e. The summed E-state index contributed by atoms with van der Waals surface area (Å²) in [5.74, 6) is 6.10. The first-order valence-corrected chi connectivity index (χ1v) is 5.53. The Balaban J connectivity index is 3.07. The molecule has 0 aromatic heterocycles. The Morgan fingerprint density at radius 3 is 2.00 bits per heavy atom. The molecule has 0 aliphatic heterocycles. The van der Waals surface area contributed by atoms with Gasteiger partial charge in [0, 0.05) is 6.42 Å². The van der Waals surface area contributed by atoms with E-state index in [1.165, 1.54) is 27.8 Å². The lowest BCUT2D eigenvalue weighted by Crippen LogP contribution is -1.99. The lowest BCUT2D eigenvalue weighted by Gasteiger charge is -2.14. The first-order valence-electron chi connectivity index (χ1n) is 5.53. The van der Waals surface area contributed by atoms with Crippen LogP contribution in [0.1, 0.15) is 41.2 Å². The topological polar surface area (TPSA) is 0 Å². The fourth-order valence-electron chi connectivity index (χ4n) is 1.99. The smallest absolute Gasteiger partial charge is 0.0129 e. The molecule has 1 rings (SSSR count). The van der Waals surface area contributed by atoms with Crippen LogP contribution in [-0.4, -0.2) is 0 Å². The highest BCUT2D eigenvalue weighted by Gasteiger charge is 2.07. The molecule has 0 saturated heterocycles. The van der Waals surface area contributed by atoms with Gasteiger partial charge in [0.15, 0.2) is 0 Å². The fraction of sp³-hybridized carbons (Fsp3) is 0.467. The molecule has 1 aromatic rings. The monoisotopic (exact) mass is 200 g/mol. The summed E-state index contributed by atoms with van der Waals surface area (Å²) in [5, 5.41) is 0. The molecule has 0 radical (unpaired) electrons. The summed E-state index contributed by atoms with van der Waals surface area (Å²) < 4.78 is 0. The molecular weight excluding hydrogens is 180 g/mol. The number of hydrogen-bond donors (Lipinski definition) is 0. The van der Waals surface area contributed by atoms with Gasteiger partial charge in [-0.05, 0) is 68.9 Å². The van der Waals surface area contributed by atoms with Crippen LogP contribution < -0.4 is 0 Å². The lowest BCUT2D eigenvalue weighted by molar-refractivity contribution is 0.979. The van der Waals surface area contributed by atoms with Crippen molar-refractivity contribution in [1.82, 2.24) is 0 Å². The van der Waals surface area contributed by atoms with E-state index in [-0.39, 0.29) is 0 Å². The van der Waals surface area contributed by atoms with Gasteiger partial charge in [0.1, 0.15) is 0 Å². The molecule has 15 heavy (non-hydrogen) atoms. The zero-order valence-corrected chi connectivity index (χ0v) is 10.5. The average molecular weight is 200 g/mol. The second-order valence-electron chi connectivity index (χ2n) is 4.17. The lowest BCUT2D eigenvalue weighted by atomic mass is 9.91. The molecule has 0 bridgehead atoms. The third kappa shape index (κ3) is 2.63. The molecule has 80 valence electrons. The van der Waals surface area contributed by atoms with Gasteiger partial charge in [0.25, 0.3) is 0 Å². The van der Waals surface area contributed by atoms with E-state index in [9.17, 15) is 0 Å². The van der Waals surface area contributed by atoms with Crippen LogP contribution >= 0.6 is 0 Å². The standard InChI is InChI=1S/C15H20/c1-6-7-8-9-15-13(4)11(2)10-12(3)14(15)5/h10H,8-9H2,1-5H3. The fourth-order valence-corrected chi connectivity index (χ4v) is 1.99. The first-order chi connectivity index (χ1) is 7.07.